The average Bonchev–Trinajstić information content (AvgIpc) is 2.79. The van der Waals surface area contributed by atoms with E-state index in [4.69, 9.17) is 14.2 Å². The van der Waals surface area contributed by atoms with Gasteiger partial charge in [0.15, 0.2) is 0 Å². The summed E-state index contributed by atoms with van der Waals surface area (Å²) in [6.07, 6.45) is 7.95. The lowest BCUT2D eigenvalue weighted by atomic mass is 9.75. The van der Waals surface area contributed by atoms with Crippen molar-refractivity contribution in [1.82, 2.24) is 0 Å². The number of esters is 2. The highest BCUT2D eigenvalue weighted by Crippen LogP contribution is 2.44. The summed E-state index contributed by atoms with van der Waals surface area (Å²) in [7, 11) is 1.40. The number of hydrogen-bond acceptors (Lipinski definition) is 6. The Kier molecular flexibility index (Phi) is 13.2. The topological polar surface area (TPSA) is 82.1 Å². The molecule has 0 heterocycles. The molecule has 1 aromatic rings. The number of methoxy groups -OCH3 is 1. The van der Waals surface area contributed by atoms with Gasteiger partial charge in [0.05, 0.1) is 20.3 Å². The third-order valence-corrected chi connectivity index (χ3v) is 6.71. The highest BCUT2D eigenvalue weighted by Gasteiger charge is 2.30. The quantitative estimate of drug-likeness (QED) is 0.186. The Morgan fingerprint density at radius 3 is 2.00 bits per heavy atom. The summed E-state index contributed by atoms with van der Waals surface area (Å²) < 4.78 is 16.1. The third-order valence-electron chi connectivity index (χ3n) is 6.71. The molecule has 0 bridgehead atoms. The molecule has 0 atom stereocenters. The van der Waals surface area contributed by atoms with Gasteiger partial charge in [0.25, 0.3) is 0 Å². The van der Waals surface area contributed by atoms with Crippen LogP contribution in [0.15, 0.2) is 12.1 Å². The van der Waals surface area contributed by atoms with Crippen LogP contribution >= 0.6 is 0 Å². The van der Waals surface area contributed by atoms with Crippen LogP contribution < -0.4 is 4.74 Å². The molecule has 0 aliphatic rings. The standard InChI is InChI=1S/C29H48O6/c1-8-10-11-12-19-35-27(32)16-14-17-28(3,4)22-21-25(34-9-2)23(20-24(22)30)29(5,6)18-13-15-26(31)33-7/h20-21,30H,8-19H2,1-7H3. The van der Waals surface area contributed by atoms with Gasteiger partial charge in [-0.1, -0.05) is 53.9 Å². The first kappa shape index (κ1) is 30.8. The van der Waals surface area contributed by atoms with Crippen molar-refractivity contribution in [3.05, 3.63) is 23.3 Å². The monoisotopic (exact) mass is 492 g/mol. The van der Waals surface area contributed by atoms with E-state index in [1.54, 1.807) is 0 Å². The minimum atomic E-state index is -0.342. The molecule has 1 N–H and O–H groups in total. The van der Waals surface area contributed by atoms with Crippen molar-refractivity contribution in [1.29, 1.82) is 0 Å². The molecule has 6 heteroatoms. The molecule has 200 valence electrons. The summed E-state index contributed by atoms with van der Waals surface area (Å²) in [5, 5.41) is 11.0. The number of aromatic hydroxyl groups is 1. The maximum absolute atomic E-state index is 12.1. The van der Waals surface area contributed by atoms with Gasteiger partial charge in [0.2, 0.25) is 0 Å². The first-order valence-corrected chi connectivity index (χ1v) is 13.2. The highest BCUT2D eigenvalue weighted by atomic mass is 16.5. The zero-order chi connectivity index (χ0) is 26.5. The molecular formula is C29H48O6. The van der Waals surface area contributed by atoms with Gasteiger partial charge >= 0.3 is 11.9 Å². The van der Waals surface area contributed by atoms with Gasteiger partial charge in [-0.3, -0.25) is 9.59 Å². The molecule has 1 rings (SSSR count). The van der Waals surface area contributed by atoms with E-state index in [9.17, 15) is 14.7 Å². The van der Waals surface area contributed by atoms with Crippen LogP contribution in [-0.4, -0.2) is 37.4 Å². The van der Waals surface area contributed by atoms with E-state index in [0.29, 0.717) is 38.9 Å². The predicted molar refractivity (Wildman–Crippen MR) is 140 cm³/mol. The minimum absolute atomic E-state index is 0.152. The van der Waals surface area contributed by atoms with Crippen molar-refractivity contribution in [2.75, 3.05) is 20.3 Å². The lowest BCUT2D eigenvalue weighted by Gasteiger charge is -2.31. The molecule has 0 fully saturated rings. The van der Waals surface area contributed by atoms with Crippen LogP contribution in [0.1, 0.15) is 117 Å². The Bertz CT molecular complexity index is 797. The lowest BCUT2D eigenvalue weighted by molar-refractivity contribution is -0.144. The number of carbonyl (C=O) groups is 2. The van der Waals surface area contributed by atoms with E-state index in [2.05, 4.69) is 34.6 Å². The van der Waals surface area contributed by atoms with E-state index in [1.165, 1.54) is 13.5 Å². The Morgan fingerprint density at radius 2 is 1.43 bits per heavy atom. The summed E-state index contributed by atoms with van der Waals surface area (Å²) in [5.74, 6) is 0.614. The van der Waals surface area contributed by atoms with Crippen LogP contribution in [0.5, 0.6) is 11.5 Å². The number of unbranched alkanes of at least 4 members (excludes halogenated alkanes) is 3. The summed E-state index contributed by atoms with van der Waals surface area (Å²) in [6.45, 7) is 13.5. The fraction of sp³-hybridized carbons (Fsp3) is 0.724. The third kappa shape index (κ3) is 10.5. The van der Waals surface area contributed by atoms with Gasteiger partial charge in [0.1, 0.15) is 11.5 Å². The molecule has 0 aliphatic heterocycles. The molecule has 6 nitrogen and oxygen atoms in total. The van der Waals surface area contributed by atoms with Crippen LogP contribution in [0.25, 0.3) is 0 Å². The number of carbonyl (C=O) groups excluding carboxylic acids is 2. The smallest absolute Gasteiger partial charge is 0.305 e. The molecule has 0 amide bonds. The van der Waals surface area contributed by atoms with Gasteiger partial charge < -0.3 is 19.3 Å². The van der Waals surface area contributed by atoms with E-state index in [0.717, 1.165) is 49.0 Å². The summed E-state index contributed by atoms with van der Waals surface area (Å²) >= 11 is 0. The van der Waals surface area contributed by atoms with Crippen LogP contribution in [0.4, 0.5) is 0 Å². The fourth-order valence-corrected chi connectivity index (χ4v) is 4.42. The average molecular weight is 493 g/mol. The van der Waals surface area contributed by atoms with Crippen molar-refractivity contribution in [2.24, 2.45) is 0 Å². The molecule has 0 saturated carbocycles. The number of hydrogen-bond donors (Lipinski definition) is 1. The fourth-order valence-electron chi connectivity index (χ4n) is 4.42. The van der Waals surface area contributed by atoms with E-state index < -0.39 is 0 Å². The molecule has 0 aromatic heterocycles. The Labute approximate surface area is 212 Å². The van der Waals surface area contributed by atoms with E-state index in [-0.39, 0.29) is 28.5 Å². The largest absolute Gasteiger partial charge is 0.508 e. The van der Waals surface area contributed by atoms with Gasteiger partial charge in [-0.15, -0.1) is 0 Å². The summed E-state index contributed by atoms with van der Waals surface area (Å²) in [4.78, 5) is 23.6. The highest BCUT2D eigenvalue weighted by molar-refractivity contribution is 5.69. The molecule has 0 saturated heterocycles. The SMILES string of the molecule is CCCCCCOC(=O)CCCC(C)(C)c1cc(OCC)c(C(C)(C)CCCC(=O)OC)cc1O. The van der Waals surface area contributed by atoms with Crippen molar-refractivity contribution in [2.45, 2.75) is 117 Å². The number of ether oxygens (including phenoxy) is 3. The van der Waals surface area contributed by atoms with Crippen molar-refractivity contribution in [3.8, 4) is 11.5 Å². The molecule has 0 aliphatic carbocycles. The maximum atomic E-state index is 12.1. The van der Waals surface area contributed by atoms with E-state index in [1.807, 2.05) is 19.1 Å². The molecule has 0 unspecified atom stereocenters. The van der Waals surface area contributed by atoms with Gasteiger partial charge in [0, 0.05) is 24.0 Å². The van der Waals surface area contributed by atoms with Crippen LogP contribution in [0, 0.1) is 0 Å². The Morgan fingerprint density at radius 1 is 0.829 bits per heavy atom. The maximum Gasteiger partial charge on any atom is 0.305 e. The zero-order valence-corrected chi connectivity index (χ0v) is 23.1. The Balaban J connectivity index is 2.87. The first-order chi connectivity index (χ1) is 16.5. The molecular weight excluding hydrogens is 444 g/mol. The normalized spacial score (nSPS) is 11.9. The van der Waals surface area contributed by atoms with Crippen LogP contribution in [0.2, 0.25) is 0 Å². The van der Waals surface area contributed by atoms with Crippen LogP contribution in [0.3, 0.4) is 0 Å². The zero-order valence-electron chi connectivity index (χ0n) is 23.1. The Hall–Kier alpha value is -2.24. The number of phenols is 1. The van der Waals surface area contributed by atoms with Gasteiger partial charge in [-0.05, 0) is 62.0 Å². The molecule has 0 spiro atoms. The number of phenolic OH excluding ortho intramolecular Hbond substituents is 1. The second kappa shape index (κ2) is 15.0. The second-order valence-corrected chi connectivity index (χ2v) is 10.6. The van der Waals surface area contributed by atoms with Crippen molar-refractivity contribution < 1.29 is 28.9 Å². The summed E-state index contributed by atoms with van der Waals surface area (Å²) in [5.41, 5.74) is 1.10. The lowest BCUT2D eigenvalue weighted by Crippen LogP contribution is -2.22. The van der Waals surface area contributed by atoms with Gasteiger partial charge in [-0.2, -0.15) is 0 Å². The predicted octanol–water partition coefficient (Wildman–Crippen LogP) is 6.98. The summed E-state index contributed by atoms with van der Waals surface area (Å²) in [6, 6.07) is 3.76. The number of rotatable bonds is 17. The van der Waals surface area contributed by atoms with Crippen molar-refractivity contribution >= 4 is 11.9 Å². The molecule has 0 radical (unpaired) electrons. The minimum Gasteiger partial charge on any atom is -0.508 e. The first-order valence-electron chi connectivity index (χ1n) is 13.2. The second-order valence-electron chi connectivity index (χ2n) is 10.6. The molecule has 1 aromatic carbocycles. The molecule has 35 heavy (non-hydrogen) atoms. The van der Waals surface area contributed by atoms with Crippen molar-refractivity contribution in [3.63, 3.8) is 0 Å². The van der Waals surface area contributed by atoms with Gasteiger partial charge in [-0.25, -0.2) is 0 Å². The van der Waals surface area contributed by atoms with Crippen LogP contribution in [-0.2, 0) is 29.9 Å². The van der Waals surface area contributed by atoms with E-state index >= 15 is 0 Å². The number of benzene rings is 1.